The van der Waals surface area contributed by atoms with Gasteiger partial charge in [0.2, 0.25) is 0 Å². The van der Waals surface area contributed by atoms with Crippen LogP contribution in [0.25, 0.3) is 0 Å². The number of nitrogens with zero attached hydrogens (tertiary/aromatic N) is 1. The number of benzene rings is 2. The van der Waals surface area contributed by atoms with Gasteiger partial charge in [0.05, 0.1) is 0 Å². The summed E-state index contributed by atoms with van der Waals surface area (Å²) < 4.78 is 26.4. The first-order valence-electron chi connectivity index (χ1n) is 8.38. The highest BCUT2D eigenvalue weighted by Gasteiger charge is 2.20. The Bertz CT molecular complexity index is 763. The molecule has 1 heterocycles. The maximum atomic E-state index is 13.4. The first-order valence-corrected chi connectivity index (χ1v) is 8.38. The zero-order valence-electron chi connectivity index (χ0n) is 13.9. The molecule has 4 nitrogen and oxygen atoms in total. The maximum Gasteiger partial charge on any atom is 0.159 e. The van der Waals surface area contributed by atoms with E-state index in [-0.39, 0.29) is 6.04 Å². The molecule has 2 aromatic carbocycles. The minimum Gasteiger partial charge on any atom is -0.398 e. The summed E-state index contributed by atoms with van der Waals surface area (Å²) in [4.78, 5) is 2.24. The average Bonchev–Trinajstić information content (AvgIpc) is 2.60. The van der Waals surface area contributed by atoms with Crippen LogP contribution in [0.3, 0.4) is 0 Å². The molecule has 0 bridgehead atoms. The highest BCUT2D eigenvalue weighted by molar-refractivity contribution is 5.86. The monoisotopic (exact) mass is 344 g/mol. The second-order valence-electron chi connectivity index (χ2n) is 6.46. The van der Waals surface area contributed by atoms with Gasteiger partial charge in [-0.15, -0.1) is 0 Å². The van der Waals surface area contributed by atoms with Crippen LogP contribution in [0.2, 0.25) is 0 Å². The van der Waals surface area contributed by atoms with Gasteiger partial charge in [-0.2, -0.15) is 0 Å². The number of likely N-dealkylation sites (tertiary alicyclic amines) is 1. The van der Waals surface area contributed by atoms with Crippen LogP contribution >= 0.6 is 0 Å². The standard InChI is InChI=1S/C19H22F2N4/c20-17-5-3-13(8-18(17)21)11-25-7-1-2-16(12-25)24-15-4-6-19(23)14(9-15)10-22/h3-6,8-10,16,22,24H,1-2,7,11-12,23H2. The minimum absolute atomic E-state index is 0.265. The Morgan fingerprint density at radius 1 is 1.20 bits per heavy atom. The SMILES string of the molecule is N=Cc1cc(NC2CCCN(Cc3ccc(F)c(F)c3)C2)ccc1N. The molecule has 132 valence electrons. The summed E-state index contributed by atoms with van der Waals surface area (Å²) in [6.45, 7) is 2.36. The molecule has 1 aliphatic heterocycles. The van der Waals surface area contributed by atoms with E-state index in [2.05, 4.69) is 10.2 Å². The molecule has 1 fully saturated rings. The van der Waals surface area contributed by atoms with E-state index in [0.29, 0.717) is 17.8 Å². The molecule has 0 aliphatic carbocycles. The van der Waals surface area contributed by atoms with E-state index >= 15 is 0 Å². The third-order valence-electron chi connectivity index (χ3n) is 4.51. The number of nitrogen functional groups attached to an aromatic ring is 1. The zero-order valence-corrected chi connectivity index (χ0v) is 13.9. The summed E-state index contributed by atoms with van der Waals surface area (Å²) in [5.41, 5.74) is 8.81. The molecule has 0 saturated carbocycles. The molecular weight excluding hydrogens is 322 g/mol. The van der Waals surface area contributed by atoms with Gasteiger partial charge in [0.25, 0.3) is 0 Å². The molecule has 1 unspecified atom stereocenters. The minimum atomic E-state index is -0.813. The number of piperidine rings is 1. The second kappa shape index (κ2) is 7.61. The van der Waals surface area contributed by atoms with Gasteiger partial charge in [-0.25, -0.2) is 8.78 Å². The largest absolute Gasteiger partial charge is 0.398 e. The van der Waals surface area contributed by atoms with E-state index in [1.165, 1.54) is 18.3 Å². The predicted octanol–water partition coefficient (Wildman–Crippen LogP) is 3.62. The van der Waals surface area contributed by atoms with Crippen LogP contribution in [-0.2, 0) is 6.54 Å². The summed E-state index contributed by atoms with van der Waals surface area (Å²) in [7, 11) is 0. The normalized spacial score (nSPS) is 18.1. The molecule has 0 radical (unpaired) electrons. The van der Waals surface area contributed by atoms with Crippen LogP contribution in [0.4, 0.5) is 20.2 Å². The second-order valence-corrected chi connectivity index (χ2v) is 6.46. The Balaban J connectivity index is 1.62. The molecular formula is C19H22F2N4. The number of hydrogen-bond donors (Lipinski definition) is 3. The van der Waals surface area contributed by atoms with E-state index in [4.69, 9.17) is 11.1 Å². The lowest BCUT2D eigenvalue weighted by Gasteiger charge is -2.33. The molecule has 1 saturated heterocycles. The van der Waals surface area contributed by atoms with Gasteiger partial charge in [-0.05, 0) is 55.3 Å². The van der Waals surface area contributed by atoms with E-state index in [1.54, 1.807) is 12.1 Å². The van der Waals surface area contributed by atoms with Crippen LogP contribution in [-0.4, -0.2) is 30.2 Å². The summed E-state index contributed by atoms with van der Waals surface area (Å²) in [6, 6.07) is 9.92. The number of anilines is 2. The molecule has 2 aromatic rings. The Kier molecular flexibility index (Phi) is 5.28. The number of halogens is 2. The lowest BCUT2D eigenvalue weighted by atomic mass is 10.0. The number of nitrogens with one attached hydrogen (secondary N) is 2. The molecule has 4 N–H and O–H groups in total. The van der Waals surface area contributed by atoms with E-state index in [9.17, 15) is 8.78 Å². The fourth-order valence-corrected chi connectivity index (χ4v) is 3.24. The highest BCUT2D eigenvalue weighted by atomic mass is 19.2. The van der Waals surface area contributed by atoms with Crippen molar-refractivity contribution in [3.05, 3.63) is 59.2 Å². The molecule has 0 aromatic heterocycles. The van der Waals surface area contributed by atoms with Crippen molar-refractivity contribution in [2.24, 2.45) is 0 Å². The van der Waals surface area contributed by atoms with Gasteiger partial charge in [-0.3, -0.25) is 4.90 Å². The lowest BCUT2D eigenvalue weighted by Crippen LogP contribution is -2.41. The van der Waals surface area contributed by atoms with Crippen molar-refractivity contribution in [2.45, 2.75) is 25.4 Å². The fourth-order valence-electron chi connectivity index (χ4n) is 3.24. The average molecular weight is 344 g/mol. The number of nitrogens with two attached hydrogens (primary N) is 1. The smallest absolute Gasteiger partial charge is 0.159 e. The molecule has 6 heteroatoms. The zero-order chi connectivity index (χ0) is 17.8. The first-order chi connectivity index (χ1) is 12.0. The topological polar surface area (TPSA) is 65.1 Å². The molecule has 1 atom stereocenters. The predicted molar refractivity (Wildman–Crippen MR) is 97.0 cm³/mol. The summed E-state index contributed by atoms with van der Waals surface area (Å²) in [6.07, 6.45) is 3.32. The van der Waals surface area contributed by atoms with Crippen LogP contribution in [0.15, 0.2) is 36.4 Å². The third kappa shape index (κ3) is 4.33. The van der Waals surface area contributed by atoms with Gasteiger partial charge in [-0.1, -0.05) is 6.07 Å². The van der Waals surface area contributed by atoms with Gasteiger partial charge in [0, 0.05) is 42.3 Å². The number of rotatable bonds is 5. The Labute approximate surface area is 146 Å². The van der Waals surface area contributed by atoms with E-state index in [0.717, 1.165) is 37.2 Å². The van der Waals surface area contributed by atoms with Crippen LogP contribution in [0.5, 0.6) is 0 Å². The Morgan fingerprint density at radius 3 is 2.80 bits per heavy atom. The van der Waals surface area contributed by atoms with E-state index < -0.39 is 11.6 Å². The Hall–Kier alpha value is -2.47. The van der Waals surface area contributed by atoms with Gasteiger partial charge in [0.15, 0.2) is 11.6 Å². The Morgan fingerprint density at radius 2 is 2.04 bits per heavy atom. The first kappa shape index (κ1) is 17.4. The van der Waals surface area contributed by atoms with Crippen LogP contribution < -0.4 is 11.1 Å². The van der Waals surface area contributed by atoms with Crippen molar-refractivity contribution in [3.63, 3.8) is 0 Å². The number of hydrogen-bond acceptors (Lipinski definition) is 4. The summed E-state index contributed by atoms with van der Waals surface area (Å²) in [5.74, 6) is -1.61. The van der Waals surface area contributed by atoms with Gasteiger partial charge in [0.1, 0.15) is 0 Å². The third-order valence-corrected chi connectivity index (χ3v) is 4.51. The lowest BCUT2D eigenvalue weighted by molar-refractivity contribution is 0.208. The van der Waals surface area contributed by atoms with Crippen LogP contribution in [0.1, 0.15) is 24.0 Å². The van der Waals surface area contributed by atoms with Crippen molar-refractivity contribution in [1.29, 1.82) is 5.41 Å². The summed E-state index contributed by atoms with van der Waals surface area (Å²) >= 11 is 0. The molecule has 3 rings (SSSR count). The quantitative estimate of drug-likeness (QED) is 0.573. The van der Waals surface area contributed by atoms with Crippen LogP contribution in [0, 0.1) is 17.0 Å². The van der Waals surface area contributed by atoms with Crippen molar-refractivity contribution < 1.29 is 8.78 Å². The van der Waals surface area contributed by atoms with Crippen molar-refractivity contribution in [2.75, 3.05) is 24.1 Å². The molecule has 1 aliphatic rings. The molecule has 0 amide bonds. The van der Waals surface area contributed by atoms with Gasteiger partial charge < -0.3 is 16.5 Å². The summed E-state index contributed by atoms with van der Waals surface area (Å²) in [5, 5.41) is 10.9. The van der Waals surface area contributed by atoms with Crippen molar-refractivity contribution in [3.8, 4) is 0 Å². The fraction of sp³-hybridized carbons (Fsp3) is 0.316. The van der Waals surface area contributed by atoms with Gasteiger partial charge >= 0.3 is 0 Å². The molecule has 25 heavy (non-hydrogen) atoms. The molecule has 0 spiro atoms. The van der Waals surface area contributed by atoms with E-state index in [1.807, 2.05) is 12.1 Å². The van der Waals surface area contributed by atoms with Crippen molar-refractivity contribution in [1.82, 2.24) is 4.90 Å². The highest BCUT2D eigenvalue weighted by Crippen LogP contribution is 2.21. The maximum absolute atomic E-state index is 13.4. The van der Waals surface area contributed by atoms with Crippen molar-refractivity contribution >= 4 is 17.6 Å².